The quantitative estimate of drug-likeness (QED) is 0.319. The van der Waals surface area contributed by atoms with Crippen LogP contribution < -0.4 is 16.4 Å². The fraction of sp³-hybridized carbons (Fsp3) is 0.581. The highest BCUT2D eigenvalue weighted by Crippen LogP contribution is 2.30. The van der Waals surface area contributed by atoms with Gasteiger partial charge in [-0.15, -0.1) is 0 Å². The third-order valence-corrected chi connectivity index (χ3v) is 9.61. The molecule has 0 radical (unpaired) electrons. The van der Waals surface area contributed by atoms with Crippen LogP contribution in [0.5, 0.6) is 0 Å². The van der Waals surface area contributed by atoms with E-state index in [1.807, 2.05) is 50.1 Å². The number of nitrogens with zero attached hydrogens (tertiary/aromatic N) is 3. The van der Waals surface area contributed by atoms with Crippen LogP contribution in [0.1, 0.15) is 62.7 Å². The normalized spacial score (nSPS) is 18.2. The number of nitrogens with two attached hydrogens (primary N) is 1. The Hall–Kier alpha value is -1.29. The number of hydrogen-bond acceptors (Lipinski definition) is 5. The van der Waals surface area contributed by atoms with Gasteiger partial charge in [-0.2, -0.15) is 0 Å². The van der Waals surface area contributed by atoms with Crippen LogP contribution >= 0.6 is 46.4 Å². The first kappa shape index (κ1) is 36.9. The maximum Gasteiger partial charge on any atom is 0.317 e. The number of urea groups is 1. The Morgan fingerprint density at radius 1 is 0.857 bits per heavy atom. The number of halogens is 4. The molecule has 2 unspecified atom stereocenters. The van der Waals surface area contributed by atoms with Crippen molar-refractivity contribution in [1.82, 2.24) is 25.3 Å². The molecule has 236 valence electrons. The number of likely N-dealkylation sites (tertiary alicyclic amines) is 2. The fourth-order valence-corrected chi connectivity index (χ4v) is 5.89. The number of amides is 2. The van der Waals surface area contributed by atoms with E-state index in [-0.39, 0.29) is 18.1 Å². The first-order valence-corrected chi connectivity index (χ1v) is 16.1. The van der Waals surface area contributed by atoms with Crippen LogP contribution in [0.15, 0.2) is 36.4 Å². The minimum Gasteiger partial charge on any atom is -0.331 e. The van der Waals surface area contributed by atoms with Crippen LogP contribution in [0.3, 0.4) is 0 Å². The van der Waals surface area contributed by atoms with Gasteiger partial charge in [0.2, 0.25) is 0 Å². The molecule has 2 fully saturated rings. The van der Waals surface area contributed by atoms with Crippen molar-refractivity contribution >= 4 is 52.4 Å². The van der Waals surface area contributed by atoms with E-state index in [4.69, 9.17) is 52.1 Å². The topological polar surface area (TPSA) is 76.9 Å². The highest BCUT2D eigenvalue weighted by molar-refractivity contribution is 6.43. The first-order chi connectivity index (χ1) is 19.8. The van der Waals surface area contributed by atoms with Crippen LogP contribution in [0, 0.1) is 0 Å². The molecule has 42 heavy (non-hydrogen) atoms. The lowest BCUT2D eigenvalue weighted by Gasteiger charge is -2.35. The number of rotatable bonds is 5. The Kier molecular flexibility index (Phi) is 16.3. The Morgan fingerprint density at radius 2 is 1.31 bits per heavy atom. The fourth-order valence-electron chi connectivity index (χ4n) is 4.94. The summed E-state index contributed by atoms with van der Waals surface area (Å²) >= 11 is 23.9. The molecule has 2 amide bonds. The molecular formula is C31H48Cl4N6O. The Morgan fingerprint density at radius 3 is 1.76 bits per heavy atom. The molecule has 2 aliphatic heterocycles. The van der Waals surface area contributed by atoms with Gasteiger partial charge in [-0.1, -0.05) is 70.7 Å². The summed E-state index contributed by atoms with van der Waals surface area (Å²) in [6.45, 7) is 8.35. The SMILES string of the molecule is CC(N)c1cccc(Cl)c1Cl.CC(NC(=O)N(C)C1CCN(C)CC1)c1cccc(Cl)c1Cl.CNC1CCN(C)CC1. The van der Waals surface area contributed by atoms with Crippen LogP contribution in [0.4, 0.5) is 4.79 Å². The van der Waals surface area contributed by atoms with Crippen LogP contribution in [-0.2, 0) is 0 Å². The van der Waals surface area contributed by atoms with Crippen molar-refractivity contribution in [1.29, 1.82) is 0 Å². The summed E-state index contributed by atoms with van der Waals surface area (Å²) in [5.74, 6) is 0. The van der Waals surface area contributed by atoms with Gasteiger partial charge in [-0.3, -0.25) is 0 Å². The Labute approximate surface area is 273 Å². The number of nitrogens with one attached hydrogen (secondary N) is 2. The summed E-state index contributed by atoms with van der Waals surface area (Å²) in [7, 11) is 8.21. The van der Waals surface area contributed by atoms with Gasteiger partial charge in [0.15, 0.2) is 0 Å². The molecule has 0 saturated carbocycles. The molecule has 2 atom stereocenters. The van der Waals surface area contributed by atoms with Gasteiger partial charge in [0, 0.05) is 25.2 Å². The lowest BCUT2D eigenvalue weighted by molar-refractivity contribution is 0.146. The van der Waals surface area contributed by atoms with Crippen molar-refractivity contribution < 1.29 is 4.79 Å². The second-order valence-corrected chi connectivity index (χ2v) is 12.8. The maximum absolute atomic E-state index is 12.4. The summed E-state index contributed by atoms with van der Waals surface area (Å²) in [4.78, 5) is 18.9. The van der Waals surface area contributed by atoms with E-state index in [0.29, 0.717) is 26.1 Å². The zero-order valence-corrected chi connectivity index (χ0v) is 28.8. The summed E-state index contributed by atoms with van der Waals surface area (Å²) < 4.78 is 0. The van der Waals surface area contributed by atoms with E-state index in [9.17, 15) is 4.79 Å². The molecule has 4 N–H and O–H groups in total. The van der Waals surface area contributed by atoms with Crippen LogP contribution in [0.2, 0.25) is 20.1 Å². The summed E-state index contributed by atoms with van der Waals surface area (Å²) in [5.41, 5.74) is 7.36. The number of hydrogen-bond donors (Lipinski definition) is 3. The smallest absolute Gasteiger partial charge is 0.317 e. The third kappa shape index (κ3) is 11.7. The van der Waals surface area contributed by atoms with Crippen molar-refractivity contribution in [3.05, 3.63) is 67.6 Å². The largest absolute Gasteiger partial charge is 0.331 e. The molecular weight excluding hydrogens is 614 g/mol. The molecule has 0 aromatic heterocycles. The molecule has 2 aromatic carbocycles. The second kappa shape index (κ2) is 18.5. The highest BCUT2D eigenvalue weighted by Gasteiger charge is 2.25. The van der Waals surface area contributed by atoms with Crippen LogP contribution in [-0.4, -0.2) is 87.2 Å². The van der Waals surface area contributed by atoms with Crippen molar-refractivity contribution in [2.24, 2.45) is 5.73 Å². The van der Waals surface area contributed by atoms with Gasteiger partial charge in [0.1, 0.15) is 0 Å². The summed E-state index contributed by atoms with van der Waals surface area (Å²) in [5, 5.41) is 8.42. The first-order valence-electron chi connectivity index (χ1n) is 14.6. The van der Waals surface area contributed by atoms with Crippen molar-refractivity contribution in [3.63, 3.8) is 0 Å². The highest BCUT2D eigenvalue weighted by atomic mass is 35.5. The van der Waals surface area contributed by atoms with Crippen molar-refractivity contribution in [2.75, 3.05) is 54.4 Å². The molecule has 0 bridgehead atoms. The third-order valence-electron chi connectivity index (χ3n) is 7.94. The number of carbonyl (C=O) groups is 1. The number of carbonyl (C=O) groups excluding carboxylic acids is 1. The molecule has 2 heterocycles. The zero-order chi connectivity index (χ0) is 31.4. The standard InChI is InChI=1S/C16H23Cl2N3O.C8H9Cl2N.C7H16N2/c1-11(13-5-4-6-14(17)15(13)18)19-16(22)21(3)12-7-9-20(2)10-8-12;1-5(11)6-3-2-4-7(9)8(6)10;1-8-7-3-5-9(2)6-4-7/h4-6,11-12H,7-10H2,1-3H3,(H,19,22);2-5H,11H2,1H3;7-8H,3-6H2,1-2H3. The lowest BCUT2D eigenvalue weighted by Crippen LogP contribution is -2.48. The van der Waals surface area contributed by atoms with E-state index < -0.39 is 0 Å². The molecule has 0 spiro atoms. The second-order valence-electron chi connectivity index (χ2n) is 11.3. The lowest BCUT2D eigenvalue weighted by atomic mass is 10.0. The molecule has 2 aliphatic rings. The Balaban J connectivity index is 0.000000255. The van der Waals surface area contributed by atoms with E-state index >= 15 is 0 Å². The van der Waals surface area contributed by atoms with E-state index in [2.05, 4.69) is 41.6 Å². The molecule has 7 nitrogen and oxygen atoms in total. The molecule has 2 saturated heterocycles. The van der Waals surface area contributed by atoms with Crippen molar-refractivity contribution in [2.45, 2.75) is 63.7 Å². The molecule has 11 heteroatoms. The predicted octanol–water partition coefficient (Wildman–Crippen LogP) is 7.10. The molecule has 0 aliphatic carbocycles. The number of benzene rings is 2. The molecule has 2 aromatic rings. The van der Waals surface area contributed by atoms with Gasteiger partial charge >= 0.3 is 6.03 Å². The van der Waals surface area contributed by atoms with Crippen LogP contribution in [0.25, 0.3) is 0 Å². The Bertz CT molecular complexity index is 1100. The summed E-state index contributed by atoms with van der Waals surface area (Å²) in [6, 6.07) is 11.7. The van der Waals surface area contributed by atoms with Gasteiger partial charge in [-0.05, 0) is 110 Å². The van der Waals surface area contributed by atoms with E-state index in [0.717, 1.165) is 43.1 Å². The minimum absolute atomic E-state index is 0.0683. The average molecular weight is 663 g/mol. The average Bonchev–Trinajstić information content (AvgIpc) is 2.97. The van der Waals surface area contributed by atoms with Gasteiger partial charge < -0.3 is 31.1 Å². The predicted molar refractivity (Wildman–Crippen MR) is 180 cm³/mol. The van der Waals surface area contributed by atoms with Crippen molar-refractivity contribution in [3.8, 4) is 0 Å². The van der Waals surface area contributed by atoms with Gasteiger partial charge in [0.05, 0.1) is 26.1 Å². The van der Waals surface area contributed by atoms with E-state index in [1.54, 1.807) is 12.1 Å². The number of piperidine rings is 2. The monoisotopic (exact) mass is 660 g/mol. The summed E-state index contributed by atoms with van der Waals surface area (Å²) in [6.07, 6.45) is 4.64. The van der Waals surface area contributed by atoms with Gasteiger partial charge in [-0.25, -0.2) is 4.79 Å². The molecule has 4 rings (SSSR count). The van der Waals surface area contributed by atoms with E-state index in [1.165, 1.54) is 25.9 Å². The maximum atomic E-state index is 12.4. The minimum atomic E-state index is -0.188. The van der Waals surface area contributed by atoms with Gasteiger partial charge in [0.25, 0.3) is 0 Å². The zero-order valence-electron chi connectivity index (χ0n) is 25.8.